The molecule has 1 aliphatic rings. The SMILES string of the molecule is CSc1ccc(NC(=O)c2cn3c(n2)CSCC3)cc1. The molecule has 0 spiro atoms. The van der Waals surface area contributed by atoms with Crippen molar-refractivity contribution in [1.82, 2.24) is 9.55 Å². The summed E-state index contributed by atoms with van der Waals surface area (Å²) in [6, 6.07) is 7.81. The van der Waals surface area contributed by atoms with Crippen LogP contribution in [-0.2, 0) is 12.3 Å². The number of rotatable bonds is 3. The third-order valence-corrected chi connectivity index (χ3v) is 4.82. The summed E-state index contributed by atoms with van der Waals surface area (Å²) in [7, 11) is 0. The van der Waals surface area contributed by atoms with Gasteiger partial charge in [0, 0.05) is 29.1 Å². The number of nitrogens with zero attached hydrogens (tertiary/aromatic N) is 2. The number of nitrogens with one attached hydrogen (secondary N) is 1. The molecule has 0 bridgehead atoms. The highest BCUT2D eigenvalue weighted by molar-refractivity contribution is 7.98. The molecule has 0 unspecified atom stereocenters. The van der Waals surface area contributed by atoms with E-state index in [0.29, 0.717) is 5.69 Å². The zero-order chi connectivity index (χ0) is 13.9. The quantitative estimate of drug-likeness (QED) is 0.885. The highest BCUT2D eigenvalue weighted by atomic mass is 32.2. The first-order valence-electron chi connectivity index (χ1n) is 6.35. The van der Waals surface area contributed by atoms with E-state index in [2.05, 4.69) is 14.9 Å². The Hall–Kier alpha value is -1.40. The average molecular weight is 305 g/mol. The number of aromatic nitrogens is 2. The number of aryl methyl sites for hydroxylation is 1. The maximum Gasteiger partial charge on any atom is 0.275 e. The van der Waals surface area contributed by atoms with Gasteiger partial charge in [-0.2, -0.15) is 11.8 Å². The van der Waals surface area contributed by atoms with Crippen molar-refractivity contribution in [3.05, 3.63) is 42.0 Å². The maximum atomic E-state index is 12.2. The average Bonchev–Trinajstić information content (AvgIpc) is 2.92. The van der Waals surface area contributed by atoms with E-state index in [1.807, 2.05) is 48.5 Å². The van der Waals surface area contributed by atoms with Crippen molar-refractivity contribution in [3.8, 4) is 0 Å². The molecular formula is C14H15N3OS2. The number of hydrogen-bond acceptors (Lipinski definition) is 4. The second kappa shape index (κ2) is 5.93. The van der Waals surface area contributed by atoms with Crippen molar-refractivity contribution < 1.29 is 4.79 Å². The molecule has 0 saturated carbocycles. The van der Waals surface area contributed by atoms with Crippen LogP contribution in [0.25, 0.3) is 0 Å². The van der Waals surface area contributed by atoms with Crippen molar-refractivity contribution in [1.29, 1.82) is 0 Å². The molecular weight excluding hydrogens is 290 g/mol. The van der Waals surface area contributed by atoms with Crippen LogP contribution in [0.5, 0.6) is 0 Å². The van der Waals surface area contributed by atoms with Gasteiger partial charge in [-0.25, -0.2) is 4.98 Å². The smallest absolute Gasteiger partial charge is 0.275 e. The van der Waals surface area contributed by atoms with Crippen molar-refractivity contribution in [2.45, 2.75) is 17.2 Å². The monoisotopic (exact) mass is 305 g/mol. The molecule has 0 saturated heterocycles. The summed E-state index contributed by atoms with van der Waals surface area (Å²) >= 11 is 3.53. The molecule has 2 aromatic rings. The molecule has 104 valence electrons. The standard InChI is InChI=1S/C14H15N3OS2/c1-19-11-4-2-10(3-5-11)15-14(18)12-8-17-6-7-20-9-13(17)16-12/h2-5,8H,6-7,9H2,1H3,(H,15,18). The Morgan fingerprint density at radius 2 is 2.20 bits per heavy atom. The van der Waals surface area contributed by atoms with Crippen molar-refractivity contribution in [3.63, 3.8) is 0 Å². The Labute approximate surface area is 126 Å². The summed E-state index contributed by atoms with van der Waals surface area (Å²) in [5.41, 5.74) is 1.30. The van der Waals surface area contributed by atoms with E-state index >= 15 is 0 Å². The number of fused-ring (bicyclic) bond motifs is 1. The lowest BCUT2D eigenvalue weighted by atomic mass is 10.3. The van der Waals surface area contributed by atoms with Crippen LogP contribution in [0.3, 0.4) is 0 Å². The molecule has 4 nitrogen and oxygen atoms in total. The maximum absolute atomic E-state index is 12.2. The van der Waals surface area contributed by atoms with E-state index in [1.165, 1.54) is 4.90 Å². The lowest BCUT2D eigenvalue weighted by Gasteiger charge is -2.11. The number of carbonyl (C=O) groups excluding carboxylic acids is 1. The van der Waals surface area contributed by atoms with Crippen LogP contribution in [0.2, 0.25) is 0 Å². The molecule has 20 heavy (non-hydrogen) atoms. The molecule has 1 aromatic heterocycles. The fraction of sp³-hybridized carbons (Fsp3) is 0.286. The summed E-state index contributed by atoms with van der Waals surface area (Å²) < 4.78 is 2.07. The van der Waals surface area contributed by atoms with Crippen molar-refractivity contribution in [2.75, 3.05) is 17.3 Å². The second-order valence-corrected chi connectivity index (χ2v) is 6.46. The van der Waals surface area contributed by atoms with Gasteiger partial charge in [-0.15, -0.1) is 11.8 Å². The minimum absolute atomic E-state index is 0.145. The largest absolute Gasteiger partial charge is 0.333 e. The predicted octanol–water partition coefficient (Wildman–Crippen LogP) is 3.10. The van der Waals surface area contributed by atoms with Crippen LogP contribution in [0.4, 0.5) is 5.69 Å². The Morgan fingerprint density at radius 1 is 1.40 bits per heavy atom. The molecule has 2 heterocycles. The molecule has 0 atom stereocenters. The van der Waals surface area contributed by atoms with Gasteiger partial charge in [-0.05, 0) is 30.5 Å². The summed E-state index contributed by atoms with van der Waals surface area (Å²) in [6.45, 7) is 0.933. The third kappa shape index (κ3) is 2.86. The highest BCUT2D eigenvalue weighted by Crippen LogP contribution is 2.20. The number of benzene rings is 1. The van der Waals surface area contributed by atoms with Crippen LogP contribution in [-0.4, -0.2) is 27.5 Å². The van der Waals surface area contributed by atoms with Crippen LogP contribution in [0.1, 0.15) is 16.3 Å². The van der Waals surface area contributed by atoms with Gasteiger partial charge in [-0.1, -0.05) is 0 Å². The van der Waals surface area contributed by atoms with E-state index in [9.17, 15) is 4.79 Å². The summed E-state index contributed by atoms with van der Waals surface area (Å²) in [4.78, 5) is 17.8. The van der Waals surface area contributed by atoms with Gasteiger partial charge in [0.1, 0.15) is 11.5 Å². The van der Waals surface area contributed by atoms with Gasteiger partial charge in [0.25, 0.3) is 5.91 Å². The van der Waals surface area contributed by atoms with Crippen LogP contribution in [0.15, 0.2) is 35.4 Å². The summed E-state index contributed by atoms with van der Waals surface area (Å²) in [6.07, 6.45) is 3.88. The lowest BCUT2D eigenvalue weighted by Crippen LogP contribution is -2.12. The van der Waals surface area contributed by atoms with Crippen molar-refractivity contribution in [2.24, 2.45) is 0 Å². The molecule has 0 radical (unpaired) electrons. The van der Waals surface area contributed by atoms with Gasteiger partial charge in [-0.3, -0.25) is 4.79 Å². The predicted molar refractivity (Wildman–Crippen MR) is 84.6 cm³/mol. The zero-order valence-corrected chi connectivity index (χ0v) is 12.8. The van der Waals surface area contributed by atoms with Gasteiger partial charge in [0.2, 0.25) is 0 Å². The van der Waals surface area contributed by atoms with Crippen LogP contribution < -0.4 is 5.32 Å². The van der Waals surface area contributed by atoms with E-state index in [1.54, 1.807) is 11.8 Å². The topological polar surface area (TPSA) is 46.9 Å². The minimum Gasteiger partial charge on any atom is -0.333 e. The Bertz CT molecular complexity index is 598. The van der Waals surface area contributed by atoms with Gasteiger partial charge in [0.05, 0.1) is 5.75 Å². The number of amides is 1. The molecule has 6 heteroatoms. The van der Waals surface area contributed by atoms with Gasteiger partial charge >= 0.3 is 0 Å². The first kappa shape index (κ1) is 13.6. The zero-order valence-electron chi connectivity index (χ0n) is 11.1. The molecule has 1 aromatic carbocycles. The number of carbonyl (C=O) groups is 1. The molecule has 1 amide bonds. The number of anilines is 1. The van der Waals surface area contributed by atoms with Crippen LogP contribution >= 0.6 is 23.5 Å². The van der Waals surface area contributed by atoms with Gasteiger partial charge in [0.15, 0.2) is 0 Å². The van der Waals surface area contributed by atoms with E-state index in [4.69, 9.17) is 0 Å². The molecule has 1 aliphatic heterocycles. The van der Waals surface area contributed by atoms with E-state index in [-0.39, 0.29) is 5.91 Å². The van der Waals surface area contributed by atoms with Crippen molar-refractivity contribution >= 4 is 35.1 Å². The third-order valence-electron chi connectivity index (χ3n) is 3.15. The number of imidazole rings is 1. The normalized spacial score (nSPS) is 13.8. The lowest BCUT2D eigenvalue weighted by molar-refractivity contribution is 0.102. The van der Waals surface area contributed by atoms with E-state index < -0.39 is 0 Å². The molecule has 0 fully saturated rings. The number of hydrogen-bond donors (Lipinski definition) is 1. The minimum atomic E-state index is -0.145. The fourth-order valence-corrected chi connectivity index (χ4v) is 3.36. The summed E-state index contributed by atoms with van der Waals surface area (Å²) in [5.74, 6) is 2.81. The highest BCUT2D eigenvalue weighted by Gasteiger charge is 2.16. The first-order valence-corrected chi connectivity index (χ1v) is 8.73. The Morgan fingerprint density at radius 3 is 2.90 bits per heavy atom. The van der Waals surface area contributed by atoms with Gasteiger partial charge < -0.3 is 9.88 Å². The first-order chi connectivity index (χ1) is 9.76. The number of thioether (sulfide) groups is 2. The summed E-state index contributed by atoms with van der Waals surface area (Å²) in [5, 5.41) is 2.89. The van der Waals surface area contributed by atoms with E-state index in [0.717, 1.165) is 29.6 Å². The second-order valence-electron chi connectivity index (χ2n) is 4.47. The molecule has 3 rings (SSSR count). The molecule has 0 aliphatic carbocycles. The Balaban J connectivity index is 1.73. The van der Waals surface area contributed by atoms with Crippen LogP contribution in [0, 0.1) is 0 Å². The molecule has 1 N–H and O–H groups in total. The Kier molecular flexibility index (Phi) is 4.03. The fourth-order valence-electron chi connectivity index (χ4n) is 2.07.